The highest BCUT2D eigenvalue weighted by atomic mass is 16.3. The van der Waals surface area contributed by atoms with Crippen molar-refractivity contribution >= 4 is 0 Å². The predicted octanol–water partition coefficient (Wildman–Crippen LogP) is 3.02. The van der Waals surface area contributed by atoms with E-state index in [0.717, 1.165) is 12.0 Å². The Labute approximate surface area is 105 Å². The van der Waals surface area contributed by atoms with E-state index in [9.17, 15) is 5.11 Å². The van der Waals surface area contributed by atoms with E-state index in [2.05, 4.69) is 45.1 Å². The molecule has 0 aliphatic carbocycles. The summed E-state index contributed by atoms with van der Waals surface area (Å²) in [6.07, 6.45) is 0.484. The standard InChI is InChI=1S/C15H25NO/c1-6-13(16-5)14(17)11-7-9-12(10-8-11)15(2,3)4/h7-10,13-14,16-17H,6H2,1-5H3. The van der Waals surface area contributed by atoms with Gasteiger partial charge in [-0.15, -0.1) is 0 Å². The largest absolute Gasteiger partial charge is 0.387 e. The molecule has 0 aliphatic rings. The lowest BCUT2D eigenvalue weighted by molar-refractivity contribution is 0.130. The average molecular weight is 235 g/mol. The van der Waals surface area contributed by atoms with Gasteiger partial charge in [0.1, 0.15) is 0 Å². The van der Waals surface area contributed by atoms with Crippen LogP contribution in [0.4, 0.5) is 0 Å². The molecule has 2 unspecified atom stereocenters. The van der Waals surface area contributed by atoms with E-state index in [1.54, 1.807) is 0 Å². The Morgan fingerprint density at radius 2 is 1.71 bits per heavy atom. The first-order valence-electron chi connectivity index (χ1n) is 6.36. The van der Waals surface area contributed by atoms with Gasteiger partial charge in [-0.1, -0.05) is 52.0 Å². The van der Waals surface area contributed by atoms with Crippen LogP contribution in [0.1, 0.15) is 51.3 Å². The second-order valence-corrected chi connectivity index (χ2v) is 5.62. The number of hydrogen-bond donors (Lipinski definition) is 2. The van der Waals surface area contributed by atoms with Gasteiger partial charge < -0.3 is 10.4 Å². The number of likely N-dealkylation sites (N-methyl/N-ethyl adjacent to an activating group) is 1. The summed E-state index contributed by atoms with van der Waals surface area (Å²) in [5.74, 6) is 0. The van der Waals surface area contributed by atoms with Gasteiger partial charge in [0.05, 0.1) is 6.10 Å². The first-order chi connectivity index (χ1) is 7.90. The van der Waals surface area contributed by atoms with Crippen LogP contribution in [0.2, 0.25) is 0 Å². The smallest absolute Gasteiger partial charge is 0.0942 e. The fraction of sp³-hybridized carbons (Fsp3) is 0.600. The molecule has 0 aliphatic heterocycles. The third-order valence-electron chi connectivity index (χ3n) is 3.31. The zero-order valence-corrected chi connectivity index (χ0v) is 11.6. The molecule has 0 fully saturated rings. The van der Waals surface area contributed by atoms with E-state index >= 15 is 0 Å². The third kappa shape index (κ3) is 3.55. The van der Waals surface area contributed by atoms with E-state index in [0.29, 0.717) is 0 Å². The van der Waals surface area contributed by atoms with E-state index < -0.39 is 6.10 Å². The van der Waals surface area contributed by atoms with E-state index in [4.69, 9.17) is 0 Å². The maximum absolute atomic E-state index is 10.2. The minimum absolute atomic E-state index is 0.121. The molecule has 2 nitrogen and oxygen atoms in total. The number of nitrogens with one attached hydrogen (secondary N) is 1. The van der Waals surface area contributed by atoms with Crippen molar-refractivity contribution in [2.24, 2.45) is 0 Å². The Morgan fingerprint density at radius 3 is 2.06 bits per heavy atom. The SMILES string of the molecule is CCC(NC)C(O)c1ccc(C(C)(C)C)cc1. The topological polar surface area (TPSA) is 32.3 Å². The Bertz CT molecular complexity index is 333. The van der Waals surface area contributed by atoms with Crippen molar-refractivity contribution in [2.75, 3.05) is 7.05 Å². The van der Waals surface area contributed by atoms with Gasteiger partial charge in [0.25, 0.3) is 0 Å². The minimum atomic E-state index is -0.431. The molecule has 17 heavy (non-hydrogen) atoms. The van der Waals surface area contributed by atoms with Crippen LogP contribution in [0.5, 0.6) is 0 Å². The second-order valence-electron chi connectivity index (χ2n) is 5.62. The van der Waals surface area contributed by atoms with Crippen LogP contribution < -0.4 is 5.32 Å². The molecule has 0 saturated carbocycles. The van der Waals surface area contributed by atoms with Gasteiger partial charge in [-0.05, 0) is 30.0 Å². The lowest BCUT2D eigenvalue weighted by Crippen LogP contribution is -2.31. The second kappa shape index (κ2) is 5.65. The molecule has 0 spiro atoms. The summed E-state index contributed by atoms with van der Waals surface area (Å²) < 4.78 is 0. The molecule has 0 aromatic heterocycles. The van der Waals surface area contributed by atoms with Crippen molar-refractivity contribution in [2.45, 2.75) is 51.7 Å². The van der Waals surface area contributed by atoms with E-state index in [1.807, 2.05) is 19.2 Å². The molecule has 2 heteroatoms. The highest BCUT2D eigenvalue weighted by molar-refractivity contribution is 5.29. The highest BCUT2D eigenvalue weighted by Crippen LogP contribution is 2.25. The molecule has 0 heterocycles. The lowest BCUT2D eigenvalue weighted by Gasteiger charge is -2.23. The molecule has 0 bridgehead atoms. The minimum Gasteiger partial charge on any atom is -0.387 e. The van der Waals surface area contributed by atoms with Crippen molar-refractivity contribution in [3.8, 4) is 0 Å². The molecular weight excluding hydrogens is 210 g/mol. The normalized spacial score (nSPS) is 15.6. The zero-order chi connectivity index (χ0) is 13.1. The van der Waals surface area contributed by atoms with Crippen LogP contribution in [0.25, 0.3) is 0 Å². The van der Waals surface area contributed by atoms with Crippen LogP contribution in [0, 0.1) is 0 Å². The molecular formula is C15H25NO. The van der Waals surface area contributed by atoms with E-state index in [-0.39, 0.29) is 11.5 Å². The van der Waals surface area contributed by atoms with Crippen LogP contribution >= 0.6 is 0 Å². The maximum atomic E-state index is 10.2. The summed E-state index contributed by atoms with van der Waals surface area (Å²) in [5.41, 5.74) is 2.45. The number of rotatable bonds is 4. The average Bonchev–Trinajstić information content (AvgIpc) is 2.29. The predicted molar refractivity (Wildman–Crippen MR) is 73.2 cm³/mol. The Hall–Kier alpha value is -0.860. The Morgan fingerprint density at radius 1 is 1.18 bits per heavy atom. The molecule has 0 amide bonds. The molecule has 1 rings (SSSR count). The van der Waals surface area contributed by atoms with Gasteiger partial charge in [0.15, 0.2) is 0 Å². The fourth-order valence-electron chi connectivity index (χ4n) is 2.00. The van der Waals surface area contributed by atoms with Gasteiger partial charge >= 0.3 is 0 Å². The van der Waals surface area contributed by atoms with Crippen LogP contribution in [-0.2, 0) is 5.41 Å². The van der Waals surface area contributed by atoms with Crippen LogP contribution in [-0.4, -0.2) is 18.2 Å². The quantitative estimate of drug-likeness (QED) is 0.841. The van der Waals surface area contributed by atoms with Crippen LogP contribution in [0.15, 0.2) is 24.3 Å². The number of hydrogen-bond acceptors (Lipinski definition) is 2. The van der Waals surface area contributed by atoms with Crippen molar-refractivity contribution in [3.63, 3.8) is 0 Å². The summed E-state index contributed by atoms with van der Waals surface area (Å²) >= 11 is 0. The summed E-state index contributed by atoms with van der Waals surface area (Å²) in [6.45, 7) is 8.66. The van der Waals surface area contributed by atoms with Crippen LogP contribution in [0.3, 0.4) is 0 Å². The Kier molecular flexibility index (Phi) is 4.72. The maximum Gasteiger partial charge on any atom is 0.0942 e. The first kappa shape index (κ1) is 14.2. The third-order valence-corrected chi connectivity index (χ3v) is 3.31. The van der Waals surface area contributed by atoms with Crippen molar-refractivity contribution in [3.05, 3.63) is 35.4 Å². The molecule has 1 aromatic rings. The Balaban J connectivity index is 2.87. The molecule has 96 valence electrons. The van der Waals surface area contributed by atoms with Gasteiger partial charge in [-0.3, -0.25) is 0 Å². The molecule has 0 radical (unpaired) electrons. The lowest BCUT2D eigenvalue weighted by atomic mass is 9.86. The van der Waals surface area contributed by atoms with E-state index in [1.165, 1.54) is 5.56 Å². The molecule has 2 atom stereocenters. The summed E-state index contributed by atoms with van der Waals surface area (Å²) in [7, 11) is 1.89. The number of benzene rings is 1. The number of aliphatic hydroxyl groups is 1. The van der Waals surface area contributed by atoms with Gasteiger partial charge in [-0.2, -0.15) is 0 Å². The summed E-state index contributed by atoms with van der Waals surface area (Å²) in [4.78, 5) is 0. The van der Waals surface area contributed by atoms with Crippen molar-refractivity contribution in [1.29, 1.82) is 0 Å². The molecule has 1 aromatic carbocycles. The molecule has 0 saturated heterocycles. The van der Waals surface area contributed by atoms with Crippen molar-refractivity contribution in [1.82, 2.24) is 5.32 Å². The molecule has 2 N–H and O–H groups in total. The summed E-state index contributed by atoms with van der Waals surface area (Å²) in [6, 6.07) is 8.41. The fourth-order valence-corrected chi connectivity index (χ4v) is 2.00. The highest BCUT2D eigenvalue weighted by Gasteiger charge is 2.18. The van der Waals surface area contributed by atoms with Gasteiger partial charge in [0.2, 0.25) is 0 Å². The van der Waals surface area contributed by atoms with Gasteiger partial charge in [-0.25, -0.2) is 0 Å². The number of aliphatic hydroxyl groups excluding tert-OH is 1. The van der Waals surface area contributed by atoms with Crippen molar-refractivity contribution < 1.29 is 5.11 Å². The monoisotopic (exact) mass is 235 g/mol. The van der Waals surface area contributed by atoms with Gasteiger partial charge in [0, 0.05) is 6.04 Å². The first-order valence-corrected chi connectivity index (χ1v) is 6.36. The zero-order valence-electron chi connectivity index (χ0n) is 11.6. The summed E-state index contributed by atoms with van der Waals surface area (Å²) in [5, 5.41) is 13.4.